The molecule has 0 amide bonds. The Kier molecular flexibility index (Phi) is 4.26. The van der Waals surface area contributed by atoms with Crippen LogP contribution in [0.4, 0.5) is 0 Å². The molecule has 0 unspecified atom stereocenters. The zero-order valence-corrected chi connectivity index (χ0v) is 9.96. The Balaban J connectivity index is 1.72. The molecule has 0 bridgehead atoms. The minimum atomic E-state index is 0.731. The molecule has 2 aromatic heterocycles. The van der Waals surface area contributed by atoms with E-state index >= 15 is 0 Å². The molecule has 0 saturated carbocycles. The molecule has 0 aliphatic heterocycles. The van der Waals surface area contributed by atoms with Crippen molar-refractivity contribution < 1.29 is 4.52 Å². The van der Waals surface area contributed by atoms with Crippen LogP contribution in [-0.2, 0) is 19.5 Å². The highest BCUT2D eigenvalue weighted by molar-refractivity contribution is 4.92. The zero-order valence-electron chi connectivity index (χ0n) is 9.96. The average Bonchev–Trinajstić information content (AvgIpc) is 2.96. The fraction of sp³-hybridized carbons (Fsp3) is 0.545. The van der Waals surface area contributed by atoms with Gasteiger partial charge in [0.2, 0.25) is 6.39 Å². The van der Waals surface area contributed by atoms with E-state index in [9.17, 15) is 0 Å². The summed E-state index contributed by atoms with van der Waals surface area (Å²) in [5.74, 6) is 1.80. The van der Waals surface area contributed by atoms with E-state index in [0.717, 1.165) is 44.1 Å². The molecule has 0 aliphatic carbocycles. The lowest BCUT2D eigenvalue weighted by Gasteiger charge is -2.06. The lowest BCUT2D eigenvalue weighted by Crippen LogP contribution is -2.20. The molecule has 6 nitrogen and oxygen atoms in total. The lowest BCUT2D eigenvalue weighted by atomic mass is 10.4. The molecule has 2 rings (SSSR count). The Bertz CT molecular complexity index is 423. The van der Waals surface area contributed by atoms with Crippen molar-refractivity contribution in [2.45, 2.75) is 32.9 Å². The van der Waals surface area contributed by atoms with Gasteiger partial charge in [-0.15, -0.1) is 0 Å². The van der Waals surface area contributed by atoms with E-state index < -0.39 is 0 Å². The summed E-state index contributed by atoms with van der Waals surface area (Å²) in [6.07, 6.45) is 7.09. The van der Waals surface area contributed by atoms with Gasteiger partial charge in [-0.3, -0.25) is 0 Å². The second-order valence-corrected chi connectivity index (χ2v) is 3.81. The van der Waals surface area contributed by atoms with Crippen LogP contribution in [-0.4, -0.2) is 26.2 Å². The number of hydrogen-bond acceptors (Lipinski definition) is 5. The third kappa shape index (κ3) is 3.39. The molecule has 0 saturated heterocycles. The van der Waals surface area contributed by atoms with E-state index in [-0.39, 0.29) is 0 Å². The summed E-state index contributed by atoms with van der Waals surface area (Å²) < 4.78 is 6.83. The molecule has 0 atom stereocenters. The van der Waals surface area contributed by atoms with Crippen molar-refractivity contribution in [2.75, 3.05) is 6.54 Å². The molecule has 0 radical (unpaired) electrons. The van der Waals surface area contributed by atoms with Gasteiger partial charge in [-0.05, 0) is 6.42 Å². The van der Waals surface area contributed by atoms with E-state index in [0.29, 0.717) is 0 Å². The first kappa shape index (κ1) is 11.8. The molecular formula is C11H17N5O. The van der Waals surface area contributed by atoms with E-state index in [1.807, 2.05) is 12.4 Å². The van der Waals surface area contributed by atoms with E-state index in [4.69, 9.17) is 0 Å². The zero-order chi connectivity index (χ0) is 11.9. The predicted molar refractivity (Wildman–Crippen MR) is 62.2 cm³/mol. The van der Waals surface area contributed by atoms with Gasteiger partial charge in [-0.1, -0.05) is 12.1 Å². The minimum Gasteiger partial charge on any atom is -0.343 e. The molecule has 0 aliphatic rings. The molecule has 6 heteroatoms. The Morgan fingerprint density at radius 1 is 1.41 bits per heavy atom. The van der Waals surface area contributed by atoms with Crippen LogP contribution in [0.3, 0.4) is 0 Å². The molecule has 92 valence electrons. The molecule has 0 fully saturated rings. The maximum atomic E-state index is 4.66. The van der Waals surface area contributed by atoms with Gasteiger partial charge in [-0.25, -0.2) is 4.98 Å². The summed E-state index contributed by atoms with van der Waals surface area (Å²) in [4.78, 5) is 8.28. The Morgan fingerprint density at radius 2 is 2.35 bits per heavy atom. The van der Waals surface area contributed by atoms with Gasteiger partial charge >= 0.3 is 0 Å². The second kappa shape index (κ2) is 6.15. The maximum absolute atomic E-state index is 4.66. The number of aromatic nitrogens is 4. The monoisotopic (exact) mass is 235 g/mol. The van der Waals surface area contributed by atoms with Crippen molar-refractivity contribution in [3.8, 4) is 0 Å². The van der Waals surface area contributed by atoms with Gasteiger partial charge in [0.1, 0.15) is 5.82 Å². The van der Waals surface area contributed by atoms with Crippen molar-refractivity contribution >= 4 is 0 Å². The maximum Gasteiger partial charge on any atom is 0.213 e. The van der Waals surface area contributed by atoms with Crippen molar-refractivity contribution in [1.82, 2.24) is 25.0 Å². The number of aryl methyl sites for hydroxylation is 1. The highest BCUT2D eigenvalue weighted by Crippen LogP contribution is 1.99. The third-order valence-electron chi connectivity index (χ3n) is 2.48. The van der Waals surface area contributed by atoms with E-state index in [1.165, 1.54) is 6.39 Å². The topological polar surface area (TPSA) is 68.8 Å². The van der Waals surface area contributed by atoms with Crippen LogP contribution in [0.1, 0.15) is 25.0 Å². The molecule has 17 heavy (non-hydrogen) atoms. The van der Waals surface area contributed by atoms with Crippen LogP contribution in [0.2, 0.25) is 0 Å². The van der Waals surface area contributed by atoms with Crippen LogP contribution in [0.5, 0.6) is 0 Å². The minimum absolute atomic E-state index is 0.731. The smallest absolute Gasteiger partial charge is 0.213 e. The van der Waals surface area contributed by atoms with Crippen molar-refractivity contribution in [2.24, 2.45) is 0 Å². The molecule has 2 heterocycles. The van der Waals surface area contributed by atoms with Crippen LogP contribution in [0.25, 0.3) is 0 Å². The Hall–Kier alpha value is -1.69. The van der Waals surface area contributed by atoms with Crippen LogP contribution in [0.15, 0.2) is 23.3 Å². The number of nitrogens with one attached hydrogen (secondary N) is 1. The van der Waals surface area contributed by atoms with Gasteiger partial charge in [0.25, 0.3) is 0 Å². The Morgan fingerprint density at radius 3 is 3.12 bits per heavy atom. The number of hydrogen-bond donors (Lipinski definition) is 1. The largest absolute Gasteiger partial charge is 0.343 e. The van der Waals surface area contributed by atoms with E-state index in [2.05, 4.69) is 36.5 Å². The van der Waals surface area contributed by atoms with Crippen LogP contribution >= 0.6 is 0 Å². The molecule has 2 aromatic rings. The summed E-state index contributed by atoms with van der Waals surface area (Å²) in [5, 5.41) is 7.07. The quantitative estimate of drug-likeness (QED) is 0.725. The normalized spacial score (nSPS) is 10.9. The first-order chi connectivity index (χ1) is 8.40. The molecule has 0 aromatic carbocycles. The summed E-state index contributed by atoms with van der Waals surface area (Å²) in [7, 11) is 0. The highest BCUT2D eigenvalue weighted by atomic mass is 16.5. The lowest BCUT2D eigenvalue weighted by molar-refractivity contribution is 0.409. The molecule has 1 N–H and O–H groups in total. The fourth-order valence-electron chi connectivity index (χ4n) is 1.65. The summed E-state index contributed by atoms with van der Waals surface area (Å²) >= 11 is 0. The summed E-state index contributed by atoms with van der Waals surface area (Å²) in [6.45, 7) is 4.76. The van der Waals surface area contributed by atoms with Gasteiger partial charge in [0, 0.05) is 31.9 Å². The van der Waals surface area contributed by atoms with E-state index in [1.54, 1.807) is 0 Å². The van der Waals surface area contributed by atoms with Gasteiger partial charge in [-0.2, -0.15) is 4.98 Å². The van der Waals surface area contributed by atoms with Crippen LogP contribution in [0, 0.1) is 0 Å². The van der Waals surface area contributed by atoms with Crippen molar-refractivity contribution in [1.29, 1.82) is 0 Å². The van der Waals surface area contributed by atoms with Crippen LogP contribution < -0.4 is 5.32 Å². The van der Waals surface area contributed by atoms with Gasteiger partial charge in [0.05, 0.1) is 6.54 Å². The fourth-order valence-corrected chi connectivity index (χ4v) is 1.65. The number of rotatable bonds is 7. The Labute approximate surface area is 100 Å². The summed E-state index contributed by atoms with van der Waals surface area (Å²) in [5.41, 5.74) is 0. The second-order valence-electron chi connectivity index (χ2n) is 3.81. The average molecular weight is 235 g/mol. The first-order valence-corrected chi connectivity index (χ1v) is 5.86. The molecular weight excluding hydrogens is 218 g/mol. The number of nitrogens with zero attached hydrogens (tertiary/aromatic N) is 4. The standard InChI is InChI=1S/C11H17N5O/c1-2-6-16-7-5-13-11(16)8-12-4-3-10-14-9-17-15-10/h5,7,9,12H,2-4,6,8H2,1H3. The number of imidazole rings is 1. The summed E-state index contributed by atoms with van der Waals surface area (Å²) in [6, 6.07) is 0. The third-order valence-corrected chi connectivity index (χ3v) is 2.48. The first-order valence-electron chi connectivity index (χ1n) is 5.86. The van der Waals surface area contributed by atoms with Crippen molar-refractivity contribution in [3.05, 3.63) is 30.4 Å². The predicted octanol–water partition coefficient (Wildman–Crippen LogP) is 1.01. The van der Waals surface area contributed by atoms with Gasteiger partial charge in [0.15, 0.2) is 5.82 Å². The highest BCUT2D eigenvalue weighted by Gasteiger charge is 2.02. The molecule has 0 spiro atoms. The SMILES string of the molecule is CCCn1ccnc1CNCCc1ncon1. The van der Waals surface area contributed by atoms with Crippen molar-refractivity contribution in [3.63, 3.8) is 0 Å². The van der Waals surface area contributed by atoms with Gasteiger partial charge < -0.3 is 14.4 Å².